The molecule has 2 N–H and O–H groups in total. The summed E-state index contributed by atoms with van der Waals surface area (Å²) < 4.78 is 10.6. The van der Waals surface area contributed by atoms with Crippen LogP contribution in [-0.2, 0) is 9.53 Å². The predicted octanol–water partition coefficient (Wildman–Crippen LogP) is 1.96. The molecule has 0 aliphatic carbocycles. The zero-order chi connectivity index (χ0) is 15.3. The highest BCUT2D eigenvalue weighted by Crippen LogP contribution is 2.33. The van der Waals surface area contributed by atoms with Crippen molar-refractivity contribution in [1.29, 1.82) is 0 Å². The first-order valence-corrected chi connectivity index (χ1v) is 7.27. The largest absolute Gasteiger partial charge is 0.495 e. The number of amides is 1. The Bertz CT molecular complexity index is 491. The van der Waals surface area contributed by atoms with Gasteiger partial charge in [0, 0.05) is 7.11 Å². The van der Waals surface area contributed by atoms with Crippen LogP contribution in [0, 0.1) is 12.3 Å². The number of piperidine rings is 1. The maximum atomic E-state index is 12.8. The Balaban J connectivity index is 2.19. The van der Waals surface area contributed by atoms with Crippen molar-refractivity contribution in [3.63, 3.8) is 0 Å². The number of benzene rings is 1. The van der Waals surface area contributed by atoms with Crippen molar-refractivity contribution in [3.05, 3.63) is 23.8 Å². The minimum Gasteiger partial charge on any atom is -0.495 e. The Labute approximate surface area is 126 Å². The highest BCUT2D eigenvalue weighted by Gasteiger charge is 2.39. The number of rotatable bonds is 5. The Morgan fingerprint density at radius 2 is 2.05 bits per heavy atom. The molecule has 0 aromatic heterocycles. The zero-order valence-electron chi connectivity index (χ0n) is 13.0. The maximum absolute atomic E-state index is 12.8. The summed E-state index contributed by atoms with van der Waals surface area (Å²) in [6, 6.07) is 5.76. The molecule has 5 nitrogen and oxygen atoms in total. The van der Waals surface area contributed by atoms with Crippen LogP contribution in [0.4, 0.5) is 5.69 Å². The molecule has 1 amide bonds. The van der Waals surface area contributed by atoms with Crippen LogP contribution in [-0.4, -0.2) is 39.8 Å². The second kappa shape index (κ2) is 6.91. The highest BCUT2D eigenvalue weighted by atomic mass is 16.5. The number of hydrogen-bond donors (Lipinski definition) is 2. The molecule has 0 atom stereocenters. The Hall–Kier alpha value is -1.59. The Kier molecular flexibility index (Phi) is 5.20. The van der Waals surface area contributed by atoms with Gasteiger partial charge in [-0.3, -0.25) is 4.79 Å². The molecule has 2 rings (SSSR count). The molecule has 116 valence electrons. The van der Waals surface area contributed by atoms with Crippen molar-refractivity contribution in [2.75, 3.05) is 39.2 Å². The van der Waals surface area contributed by atoms with E-state index in [9.17, 15) is 4.79 Å². The lowest BCUT2D eigenvalue weighted by Crippen LogP contribution is -2.47. The Morgan fingerprint density at radius 1 is 1.33 bits per heavy atom. The molecule has 21 heavy (non-hydrogen) atoms. The number of aryl methyl sites for hydroxylation is 1. The highest BCUT2D eigenvalue weighted by molar-refractivity contribution is 5.96. The van der Waals surface area contributed by atoms with Crippen molar-refractivity contribution < 1.29 is 14.3 Å². The molecule has 1 aromatic carbocycles. The summed E-state index contributed by atoms with van der Waals surface area (Å²) in [5.41, 5.74) is 1.34. The van der Waals surface area contributed by atoms with Gasteiger partial charge in [-0.05, 0) is 50.6 Å². The second-order valence-electron chi connectivity index (χ2n) is 5.62. The lowest BCUT2D eigenvalue weighted by molar-refractivity contribution is -0.130. The van der Waals surface area contributed by atoms with E-state index in [1.54, 1.807) is 14.2 Å². The van der Waals surface area contributed by atoms with Gasteiger partial charge < -0.3 is 20.1 Å². The van der Waals surface area contributed by atoms with Crippen molar-refractivity contribution in [1.82, 2.24) is 5.32 Å². The van der Waals surface area contributed by atoms with Gasteiger partial charge in [0.05, 0.1) is 24.8 Å². The SMILES string of the molecule is COCC1(C(=O)Nc2ccc(C)cc2OC)CCNCC1. The van der Waals surface area contributed by atoms with Gasteiger partial charge in [0.2, 0.25) is 5.91 Å². The van der Waals surface area contributed by atoms with Crippen LogP contribution >= 0.6 is 0 Å². The van der Waals surface area contributed by atoms with Gasteiger partial charge in [0.15, 0.2) is 0 Å². The molecular weight excluding hydrogens is 268 g/mol. The van der Waals surface area contributed by atoms with Gasteiger partial charge in [-0.1, -0.05) is 6.07 Å². The van der Waals surface area contributed by atoms with E-state index in [0.717, 1.165) is 31.5 Å². The molecule has 0 spiro atoms. The van der Waals surface area contributed by atoms with Crippen LogP contribution in [0.2, 0.25) is 0 Å². The summed E-state index contributed by atoms with van der Waals surface area (Å²) in [6.45, 7) is 4.10. The van der Waals surface area contributed by atoms with Crippen LogP contribution in [0.1, 0.15) is 18.4 Å². The number of carbonyl (C=O) groups is 1. The van der Waals surface area contributed by atoms with Crippen molar-refractivity contribution >= 4 is 11.6 Å². The summed E-state index contributed by atoms with van der Waals surface area (Å²) in [5, 5.41) is 6.30. The number of hydrogen-bond acceptors (Lipinski definition) is 4. The number of ether oxygens (including phenoxy) is 2. The first-order chi connectivity index (χ1) is 10.1. The molecule has 1 fully saturated rings. The minimum absolute atomic E-state index is 0.00741. The summed E-state index contributed by atoms with van der Waals surface area (Å²) >= 11 is 0. The molecular formula is C16H24N2O3. The fraction of sp³-hybridized carbons (Fsp3) is 0.562. The second-order valence-corrected chi connectivity index (χ2v) is 5.62. The smallest absolute Gasteiger partial charge is 0.233 e. The lowest BCUT2D eigenvalue weighted by atomic mass is 9.78. The van der Waals surface area contributed by atoms with Gasteiger partial charge in [0.25, 0.3) is 0 Å². The molecule has 1 aromatic rings. The van der Waals surface area contributed by atoms with Gasteiger partial charge in [-0.2, -0.15) is 0 Å². The van der Waals surface area contributed by atoms with E-state index < -0.39 is 5.41 Å². The minimum atomic E-state index is -0.462. The number of carbonyl (C=O) groups excluding carboxylic acids is 1. The fourth-order valence-electron chi connectivity index (χ4n) is 2.78. The standard InChI is InChI=1S/C16H24N2O3/c1-12-4-5-13(14(10-12)21-3)18-15(19)16(11-20-2)6-8-17-9-7-16/h4-5,10,17H,6-9,11H2,1-3H3,(H,18,19). The van der Waals surface area contributed by atoms with Crippen molar-refractivity contribution in [2.24, 2.45) is 5.41 Å². The van der Waals surface area contributed by atoms with E-state index in [1.165, 1.54) is 0 Å². The van der Waals surface area contributed by atoms with E-state index in [4.69, 9.17) is 9.47 Å². The average molecular weight is 292 g/mol. The summed E-state index contributed by atoms with van der Waals surface area (Å²) in [4.78, 5) is 12.8. The first-order valence-electron chi connectivity index (χ1n) is 7.27. The maximum Gasteiger partial charge on any atom is 0.233 e. The molecule has 1 saturated heterocycles. The quantitative estimate of drug-likeness (QED) is 0.871. The molecule has 1 aliphatic heterocycles. The van der Waals surface area contributed by atoms with E-state index in [1.807, 2.05) is 25.1 Å². The van der Waals surface area contributed by atoms with Crippen LogP contribution in [0.15, 0.2) is 18.2 Å². The van der Waals surface area contributed by atoms with Crippen molar-refractivity contribution in [3.8, 4) is 5.75 Å². The third-order valence-corrected chi connectivity index (χ3v) is 4.07. The van der Waals surface area contributed by atoms with E-state index >= 15 is 0 Å². The summed E-state index contributed by atoms with van der Waals surface area (Å²) in [5.74, 6) is 0.692. The van der Waals surface area contributed by atoms with Crippen LogP contribution in [0.3, 0.4) is 0 Å². The molecule has 0 unspecified atom stereocenters. The van der Waals surface area contributed by atoms with Gasteiger partial charge in [-0.15, -0.1) is 0 Å². The van der Waals surface area contributed by atoms with E-state index in [-0.39, 0.29) is 5.91 Å². The van der Waals surface area contributed by atoms with E-state index in [0.29, 0.717) is 18.0 Å². The predicted molar refractivity (Wildman–Crippen MR) is 82.8 cm³/mol. The number of methoxy groups -OCH3 is 2. The van der Waals surface area contributed by atoms with Gasteiger partial charge >= 0.3 is 0 Å². The molecule has 0 bridgehead atoms. The number of nitrogens with one attached hydrogen (secondary N) is 2. The monoisotopic (exact) mass is 292 g/mol. The average Bonchev–Trinajstić information content (AvgIpc) is 2.50. The van der Waals surface area contributed by atoms with Gasteiger partial charge in [-0.25, -0.2) is 0 Å². The number of anilines is 1. The van der Waals surface area contributed by atoms with Gasteiger partial charge in [0.1, 0.15) is 5.75 Å². The third-order valence-electron chi connectivity index (χ3n) is 4.07. The normalized spacial score (nSPS) is 17.3. The third kappa shape index (κ3) is 3.54. The molecule has 1 heterocycles. The first kappa shape index (κ1) is 15.8. The van der Waals surface area contributed by atoms with E-state index in [2.05, 4.69) is 10.6 Å². The summed E-state index contributed by atoms with van der Waals surface area (Å²) in [6.07, 6.45) is 1.56. The zero-order valence-corrected chi connectivity index (χ0v) is 13.0. The molecule has 0 radical (unpaired) electrons. The lowest BCUT2D eigenvalue weighted by Gasteiger charge is -2.35. The van der Waals surface area contributed by atoms with Crippen LogP contribution in [0.5, 0.6) is 5.75 Å². The van der Waals surface area contributed by atoms with Crippen LogP contribution in [0.25, 0.3) is 0 Å². The molecule has 0 saturated carbocycles. The van der Waals surface area contributed by atoms with Crippen molar-refractivity contribution in [2.45, 2.75) is 19.8 Å². The fourth-order valence-corrected chi connectivity index (χ4v) is 2.78. The van der Waals surface area contributed by atoms with Crippen LogP contribution < -0.4 is 15.4 Å². The molecule has 5 heteroatoms. The topological polar surface area (TPSA) is 59.6 Å². The molecule has 1 aliphatic rings. The summed E-state index contributed by atoms with van der Waals surface area (Å²) in [7, 11) is 3.25. The Morgan fingerprint density at radius 3 is 2.67 bits per heavy atom.